The third-order valence-electron chi connectivity index (χ3n) is 5.40. The van der Waals surface area contributed by atoms with Crippen LogP contribution in [0.3, 0.4) is 0 Å². The van der Waals surface area contributed by atoms with Gasteiger partial charge in [-0.3, -0.25) is 9.59 Å². The molecule has 0 aliphatic carbocycles. The van der Waals surface area contributed by atoms with Crippen molar-refractivity contribution in [2.24, 2.45) is 0 Å². The normalized spacial score (nSPS) is 16.0. The van der Waals surface area contributed by atoms with Gasteiger partial charge in [-0.05, 0) is 67.3 Å². The van der Waals surface area contributed by atoms with Gasteiger partial charge in [-0.25, -0.2) is 4.68 Å². The molecule has 1 atom stereocenters. The van der Waals surface area contributed by atoms with E-state index in [2.05, 4.69) is 39.0 Å². The summed E-state index contributed by atoms with van der Waals surface area (Å²) in [6.07, 6.45) is 3.22. The van der Waals surface area contributed by atoms with Crippen molar-refractivity contribution in [1.82, 2.24) is 25.1 Å². The van der Waals surface area contributed by atoms with Gasteiger partial charge < -0.3 is 10.2 Å². The molecule has 1 aliphatic rings. The van der Waals surface area contributed by atoms with E-state index >= 15 is 0 Å². The second-order valence-corrected chi connectivity index (χ2v) is 7.79. The lowest BCUT2D eigenvalue weighted by atomic mass is 9.99. The van der Waals surface area contributed by atoms with Gasteiger partial charge in [0.1, 0.15) is 6.33 Å². The molecule has 4 rings (SSSR count). The highest BCUT2D eigenvalue weighted by atomic mass is 16.2. The van der Waals surface area contributed by atoms with E-state index in [4.69, 9.17) is 0 Å². The molecule has 154 valence electrons. The number of hydrogen-bond acceptors (Lipinski definition) is 5. The highest BCUT2D eigenvalue weighted by molar-refractivity contribution is 6.39. The van der Waals surface area contributed by atoms with Gasteiger partial charge in [0.05, 0.1) is 11.7 Å². The number of hydrogen-bond donors (Lipinski definition) is 1. The van der Waals surface area contributed by atoms with Crippen LogP contribution in [0.15, 0.2) is 42.7 Å². The molecule has 8 heteroatoms. The van der Waals surface area contributed by atoms with Crippen LogP contribution < -0.4 is 5.32 Å². The van der Waals surface area contributed by atoms with Crippen molar-refractivity contribution < 1.29 is 9.59 Å². The predicted octanol–water partition coefficient (Wildman–Crippen LogP) is 2.89. The van der Waals surface area contributed by atoms with Gasteiger partial charge in [0, 0.05) is 12.2 Å². The zero-order valence-electron chi connectivity index (χ0n) is 17.3. The molecule has 30 heavy (non-hydrogen) atoms. The van der Waals surface area contributed by atoms with E-state index in [9.17, 15) is 9.59 Å². The zero-order chi connectivity index (χ0) is 21.3. The lowest BCUT2D eigenvalue weighted by Gasteiger charge is -2.25. The number of aromatic nitrogens is 4. The number of carbonyl (C=O) groups excluding carboxylic acids is 2. The quantitative estimate of drug-likeness (QED) is 0.678. The predicted molar refractivity (Wildman–Crippen MR) is 112 cm³/mol. The van der Waals surface area contributed by atoms with Crippen LogP contribution in [0.2, 0.25) is 0 Å². The fourth-order valence-corrected chi connectivity index (χ4v) is 4.08. The largest absolute Gasteiger partial charge is 0.327 e. The Hall–Kier alpha value is -3.55. The van der Waals surface area contributed by atoms with Crippen molar-refractivity contribution in [2.75, 3.05) is 11.9 Å². The minimum absolute atomic E-state index is 0.0725. The molecule has 0 bridgehead atoms. The van der Waals surface area contributed by atoms with Crippen LogP contribution in [0, 0.1) is 20.8 Å². The number of nitrogens with zero attached hydrogens (tertiary/aromatic N) is 5. The molecule has 8 nitrogen and oxygen atoms in total. The molecule has 2 amide bonds. The summed E-state index contributed by atoms with van der Waals surface area (Å²) < 4.78 is 1.52. The molecule has 0 saturated carbocycles. The van der Waals surface area contributed by atoms with E-state index in [1.807, 2.05) is 26.8 Å². The van der Waals surface area contributed by atoms with Crippen LogP contribution in [0.1, 0.15) is 41.1 Å². The number of likely N-dealkylation sites (tertiary alicyclic amines) is 1. The summed E-state index contributed by atoms with van der Waals surface area (Å²) in [5.74, 6) is -1.15. The summed E-state index contributed by atoms with van der Waals surface area (Å²) in [4.78, 5) is 27.4. The number of carbonyl (C=O) groups is 2. The Morgan fingerprint density at radius 2 is 1.83 bits per heavy atom. The average Bonchev–Trinajstić information content (AvgIpc) is 3.40. The Labute approximate surface area is 174 Å². The first-order valence-corrected chi connectivity index (χ1v) is 9.96. The van der Waals surface area contributed by atoms with Crippen molar-refractivity contribution in [3.8, 4) is 5.69 Å². The van der Waals surface area contributed by atoms with E-state index in [0.717, 1.165) is 40.8 Å². The Morgan fingerprint density at radius 1 is 1.07 bits per heavy atom. The smallest absolute Gasteiger partial charge is 0.313 e. The van der Waals surface area contributed by atoms with Gasteiger partial charge in [0.25, 0.3) is 0 Å². The van der Waals surface area contributed by atoms with Crippen LogP contribution in [-0.2, 0) is 9.59 Å². The maximum Gasteiger partial charge on any atom is 0.313 e. The molecule has 2 heterocycles. The van der Waals surface area contributed by atoms with E-state index in [0.29, 0.717) is 12.2 Å². The van der Waals surface area contributed by atoms with Gasteiger partial charge in [-0.2, -0.15) is 0 Å². The molecule has 1 N–H and O–H groups in total. The van der Waals surface area contributed by atoms with Gasteiger partial charge in [0.2, 0.25) is 0 Å². The summed E-state index contributed by atoms with van der Waals surface area (Å²) >= 11 is 0. The monoisotopic (exact) mass is 404 g/mol. The molecule has 1 aliphatic heterocycles. The number of tetrazole rings is 1. The van der Waals surface area contributed by atoms with Crippen LogP contribution in [-0.4, -0.2) is 43.5 Å². The molecule has 2 aromatic carbocycles. The first-order chi connectivity index (χ1) is 14.4. The van der Waals surface area contributed by atoms with Crippen LogP contribution in [0.4, 0.5) is 5.69 Å². The van der Waals surface area contributed by atoms with Gasteiger partial charge in [0.15, 0.2) is 0 Å². The van der Waals surface area contributed by atoms with Gasteiger partial charge in [-0.15, -0.1) is 5.10 Å². The first kappa shape index (κ1) is 19.8. The molecule has 0 spiro atoms. The number of rotatable bonds is 3. The Kier molecular flexibility index (Phi) is 5.31. The van der Waals surface area contributed by atoms with Gasteiger partial charge >= 0.3 is 11.8 Å². The Bertz CT molecular complexity index is 1070. The molecule has 1 aromatic heterocycles. The molecule has 1 fully saturated rings. The van der Waals surface area contributed by atoms with E-state index < -0.39 is 11.8 Å². The second kappa shape index (κ2) is 8.06. The van der Waals surface area contributed by atoms with Crippen molar-refractivity contribution in [3.63, 3.8) is 0 Å². The third-order valence-corrected chi connectivity index (χ3v) is 5.40. The minimum Gasteiger partial charge on any atom is -0.327 e. The van der Waals surface area contributed by atoms with Crippen LogP contribution in [0.5, 0.6) is 0 Å². The Morgan fingerprint density at radius 3 is 2.53 bits per heavy atom. The summed E-state index contributed by atoms with van der Waals surface area (Å²) in [6.45, 7) is 6.59. The lowest BCUT2D eigenvalue weighted by Crippen LogP contribution is -2.39. The fraction of sp³-hybridized carbons (Fsp3) is 0.318. The molecule has 3 aromatic rings. The summed E-state index contributed by atoms with van der Waals surface area (Å²) in [5, 5.41) is 13.9. The molecule has 1 unspecified atom stereocenters. The topological polar surface area (TPSA) is 93.0 Å². The highest BCUT2D eigenvalue weighted by Gasteiger charge is 2.33. The van der Waals surface area contributed by atoms with E-state index in [-0.39, 0.29) is 6.04 Å². The standard InChI is InChI=1S/C22H24N6O2/c1-14-9-15(2)11-17(10-14)19-5-4-8-27(19)22(30)21(29)24-18-7-6-16(3)20(12-18)28-13-23-25-26-28/h6-7,9-13,19H,4-5,8H2,1-3H3,(H,24,29). The highest BCUT2D eigenvalue weighted by Crippen LogP contribution is 2.33. The van der Waals surface area contributed by atoms with E-state index in [1.54, 1.807) is 17.0 Å². The number of amides is 2. The molecular formula is C22H24N6O2. The zero-order valence-corrected chi connectivity index (χ0v) is 17.3. The summed E-state index contributed by atoms with van der Waals surface area (Å²) in [5.41, 5.74) is 5.60. The molecule has 0 radical (unpaired) electrons. The lowest BCUT2D eigenvalue weighted by molar-refractivity contribution is -0.143. The minimum atomic E-state index is -0.641. The molecular weight excluding hydrogens is 380 g/mol. The van der Waals surface area contributed by atoms with Gasteiger partial charge in [-0.1, -0.05) is 35.4 Å². The second-order valence-electron chi connectivity index (χ2n) is 7.79. The van der Waals surface area contributed by atoms with Crippen LogP contribution >= 0.6 is 0 Å². The van der Waals surface area contributed by atoms with Crippen molar-refractivity contribution >= 4 is 17.5 Å². The first-order valence-electron chi connectivity index (χ1n) is 9.96. The van der Waals surface area contributed by atoms with Crippen molar-refractivity contribution in [2.45, 2.75) is 39.7 Å². The SMILES string of the molecule is Cc1cc(C)cc(C2CCCN2C(=O)C(=O)Nc2ccc(C)c(-n3cnnn3)c2)c1. The number of aryl methyl sites for hydroxylation is 3. The summed E-state index contributed by atoms with van der Waals surface area (Å²) in [6, 6.07) is 11.6. The van der Waals surface area contributed by atoms with Crippen LogP contribution in [0.25, 0.3) is 5.69 Å². The van der Waals surface area contributed by atoms with Crippen molar-refractivity contribution in [1.29, 1.82) is 0 Å². The maximum atomic E-state index is 13.0. The third kappa shape index (κ3) is 3.94. The average molecular weight is 404 g/mol. The number of anilines is 1. The summed E-state index contributed by atoms with van der Waals surface area (Å²) in [7, 11) is 0. The molecule has 1 saturated heterocycles. The fourth-order valence-electron chi connectivity index (χ4n) is 4.08. The Balaban J connectivity index is 1.52. The van der Waals surface area contributed by atoms with Crippen molar-refractivity contribution in [3.05, 3.63) is 65.0 Å². The maximum absolute atomic E-state index is 13.0. The number of nitrogens with one attached hydrogen (secondary N) is 1. The van der Waals surface area contributed by atoms with E-state index in [1.165, 1.54) is 11.0 Å². The number of benzene rings is 2.